The number of carboxylic acid groups (broad SMARTS) is 3. The molecule has 0 atom stereocenters. The average molecular weight is 356 g/mol. The highest BCUT2D eigenvalue weighted by molar-refractivity contribution is 5.98. The molecule has 0 spiro atoms. The van der Waals surface area contributed by atoms with Crippen molar-refractivity contribution in [2.45, 2.75) is 0 Å². The molecule has 2 amide bonds. The van der Waals surface area contributed by atoms with E-state index in [4.69, 9.17) is 15.3 Å². The lowest BCUT2D eigenvalue weighted by molar-refractivity contribution is -0.116. The molecule has 0 radical (unpaired) electrons. The molecule has 1 rings (SSSR count). The van der Waals surface area contributed by atoms with Crippen LogP contribution in [0.25, 0.3) is 0 Å². The minimum absolute atomic E-state index is 0.368. The van der Waals surface area contributed by atoms with Crippen molar-refractivity contribution in [2.24, 2.45) is 0 Å². The second-order valence-corrected chi connectivity index (χ2v) is 4.85. The molecule has 0 saturated carbocycles. The fourth-order valence-corrected chi connectivity index (χ4v) is 0.998. The van der Waals surface area contributed by atoms with Gasteiger partial charge in [-0.1, -0.05) is 0 Å². The summed E-state index contributed by atoms with van der Waals surface area (Å²) in [6.07, 6.45) is 1.50. The van der Waals surface area contributed by atoms with Crippen molar-refractivity contribution in [2.75, 3.05) is 28.2 Å². The summed E-state index contributed by atoms with van der Waals surface area (Å²) in [5, 5.41) is 25.8. The molecule has 0 unspecified atom stereocenters. The predicted octanol–water partition coefficient (Wildman–Crippen LogP) is 0.190. The van der Waals surface area contributed by atoms with Crippen molar-refractivity contribution in [1.82, 2.24) is 9.80 Å². The third-order valence-corrected chi connectivity index (χ3v) is 2.10. The summed E-state index contributed by atoms with van der Waals surface area (Å²) < 4.78 is 0. The van der Waals surface area contributed by atoms with Crippen LogP contribution in [0.2, 0.25) is 0 Å². The smallest absolute Gasteiger partial charge is 0.335 e. The van der Waals surface area contributed by atoms with E-state index in [0.29, 0.717) is 0 Å². The molecule has 0 saturated heterocycles. The van der Waals surface area contributed by atoms with Gasteiger partial charge in [0.25, 0.3) is 0 Å². The van der Waals surface area contributed by atoms with Crippen LogP contribution >= 0.6 is 0 Å². The second-order valence-electron chi connectivity index (χ2n) is 4.85. The van der Waals surface area contributed by atoms with Crippen molar-refractivity contribution in [1.29, 1.82) is 0 Å². The molecule has 1 aromatic rings. The van der Waals surface area contributed by atoms with Crippen LogP contribution in [0.4, 0.5) is 0 Å². The first-order chi connectivity index (χ1) is 11.5. The predicted molar refractivity (Wildman–Crippen MR) is 86.8 cm³/mol. The van der Waals surface area contributed by atoms with Gasteiger partial charge < -0.3 is 25.1 Å². The van der Waals surface area contributed by atoms with Crippen LogP contribution in [0.15, 0.2) is 18.2 Å². The van der Waals surface area contributed by atoms with E-state index >= 15 is 0 Å². The molecule has 10 nitrogen and oxygen atoms in total. The van der Waals surface area contributed by atoms with E-state index in [2.05, 4.69) is 0 Å². The fourth-order valence-electron chi connectivity index (χ4n) is 0.998. The number of aromatic carboxylic acids is 3. The molecule has 0 aliphatic carbocycles. The second kappa shape index (κ2) is 12.0. The Labute approximate surface area is 143 Å². The van der Waals surface area contributed by atoms with E-state index in [9.17, 15) is 24.0 Å². The Hall–Kier alpha value is -3.43. The van der Waals surface area contributed by atoms with Gasteiger partial charge >= 0.3 is 17.9 Å². The molecular weight excluding hydrogens is 336 g/mol. The number of benzene rings is 1. The molecule has 1 aromatic carbocycles. The molecule has 0 aliphatic rings. The van der Waals surface area contributed by atoms with Crippen LogP contribution in [0.1, 0.15) is 31.1 Å². The molecule has 0 fully saturated rings. The van der Waals surface area contributed by atoms with Crippen LogP contribution in [-0.2, 0) is 9.59 Å². The Bertz CT molecular complexity index is 535. The minimum atomic E-state index is -1.37. The lowest BCUT2D eigenvalue weighted by Gasteiger charge is -2.00. The van der Waals surface area contributed by atoms with Gasteiger partial charge in [0.05, 0.1) is 16.7 Å². The Balaban J connectivity index is 0. The SMILES string of the molecule is CN(C)C=O.CN(C)C=O.O=C(O)c1cc(C(=O)O)cc(C(=O)O)c1. The first-order valence-electron chi connectivity index (χ1n) is 6.54. The Morgan fingerprint density at radius 3 is 0.920 bits per heavy atom. The fraction of sp³-hybridized carbons (Fsp3) is 0.267. The van der Waals surface area contributed by atoms with Gasteiger partial charge in [-0.2, -0.15) is 0 Å². The summed E-state index contributed by atoms with van der Waals surface area (Å²) in [4.78, 5) is 53.4. The minimum Gasteiger partial charge on any atom is -0.478 e. The zero-order valence-electron chi connectivity index (χ0n) is 14.2. The molecule has 3 N–H and O–H groups in total. The zero-order chi connectivity index (χ0) is 20.2. The van der Waals surface area contributed by atoms with E-state index in [1.165, 1.54) is 9.80 Å². The molecule has 0 heterocycles. The van der Waals surface area contributed by atoms with Crippen LogP contribution in [0.5, 0.6) is 0 Å². The van der Waals surface area contributed by atoms with Crippen LogP contribution in [-0.4, -0.2) is 84.0 Å². The number of nitrogens with zero attached hydrogens (tertiary/aromatic N) is 2. The van der Waals surface area contributed by atoms with Crippen LogP contribution in [0, 0.1) is 0 Å². The zero-order valence-corrected chi connectivity index (χ0v) is 14.2. The monoisotopic (exact) mass is 356 g/mol. The first kappa shape index (κ1) is 23.8. The van der Waals surface area contributed by atoms with Gasteiger partial charge in [0.2, 0.25) is 12.8 Å². The number of carbonyl (C=O) groups excluding carboxylic acids is 2. The summed E-state index contributed by atoms with van der Waals surface area (Å²) in [5.41, 5.74) is -1.10. The summed E-state index contributed by atoms with van der Waals surface area (Å²) in [6, 6.07) is 2.70. The molecule has 0 aromatic heterocycles. The number of rotatable bonds is 5. The molecule has 25 heavy (non-hydrogen) atoms. The summed E-state index contributed by atoms with van der Waals surface area (Å²) >= 11 is 0. The van der Waals surface area contributed by atoms with E-state index < -0.39 is 17.9 Å². The summed E-state index contributed by atoms with van der Waals surface area (Å²) in [6.45, 7) is 0. The van der Waals surface area contributed by atoms with Crippen molar-refractivity contribution in [3.8, 4) is 0 Å². The van der Waals surface area contributed by atoms with Crippen molar-refractivity contribution >= 4 is 30.7 Å². The maximum atomic E-state index is 10.6. The van der Waals surface area contributed by atoms with Gasteiger partial charge in [0.15, 0.2) is 0 Å². The number of hydrogen-bond acceptors (Lipinski definition) is 5. The largest absolute Gasteiger partial charge is 0.478 e. The molecule has 0 bridgehead atoms. The lowest BCUT2D eigenvalue weighted by Crippen LogP contribution is -2.07. The quantitative estimate of drug-likeness (QED) is 0.632. The standard InChI is InChI=1S/C9H6O6.2C3H7NO/c10-7(11)4-1-5(8(12)13)3-6(2-4)9(14)15;2*1-4(2)3-5/h1-3H,(H,10,11)(H,12,13)(H,14,15);2*3H,1-2H3. The van der Waals surface area contributed by atoms with Crippen LogP contribution in [0.3, 0.4) is 0 Å². The molecule has 138 valence electrons. The van der Waals surface area contributed by atoms with Gasteiger partial charge in [-0.05, 0) is 18.2 Å². The van der Waals surface area contributed by atoms with E-state index in [-0.39, 0.29) is 16.7 Å². The van der Waals surface area contributed by atoms with Gasteiger partial charge in [-0.25, -0.2) is 14.4 Å². The lowest BCUT2D eigenvalue weighted by atomic mass is 10.1. The highest BCUT2D eigenvalue weighted by Gasteiger charge is 2.14. The number of carbonyl (C=O) groups is 5. The van der Waals surface area contributed by atoms with Gasteiger partial charge in [0, 0.05) is 28.2 Å². The van der Waals surface area contributed by atoms with E-state index in [1.807, 2.05) is 0 Å². The topological polar surface area (TPSA) is 153 Å². The van der Waals surface area contributed by atoms with Crippen LogP contribution < -0.4 is 0 Å². The molecular formula is C15H20N2O8. The molecule has 0 aliphatic heterocycles. The van der Waals surface area contributed by atoms with Crippen molar-refractivity contribution < 1.29 is 39.3 Å². The van der Waals surface area contributed by atoms with E-state index in [0.717, 1.165) is 31.0 Å². The highest BCUT2D eigenvalue weighted by Crippen LogP contribution is 2.11. The average Bonchev–Trinajstić information content (AvgIpc) is 2.55. The Kier molecular flexibility index (Phi) is 11.5. The van der Waals surface area contributed by atoms with Crippen molar-refractivity contribution in [3.63, 3.8) is 0 Å². The molecule has 10 heteroatoms. The summed E-state index contributed by atoms with van der Waals surface area (Å²) in [5.74, 6) is -4.12. The number of hydrogen-bond donors (Lipinski definition) is 3. The van der Waals surface area contributed by atoms with Crippen molar-refractivity contribution in [3.05, 3.63) is 34.9 Å². The number of amides is 2. The third kappa shape index (κ3) is 11.8. The maximum Gasteiger partial charge on any atom is 0.335 e. The Morgan fingerprint density at radius 2 is 0.840 bits per heavy atom. The highest BCUT2D eigenvalue weighted by atomic mass is 16.4. The Morgan fingerprint density at radius 1 is 0.680 bits per heavy atom. The first-order valence-corrected chi connectivity index (χ1v) is 6.54. The van der Waals surface area contributed by atoms with Gasteiger partial charge in [-0.3, -0.25) is 9.59 Å². The van der Waals surface area contributed by atoms with Gasteiger partial charge in [-0.15, -0.1) is 0 Å². The summed E-state index contributed by atoms with van der Waals surface area (Å²) in [7, 11) is 6.75. The number of carboxylic acids is 3. The van der Waals surface area contributed by atoms with E-state index in [1.54, 1.807) is 28.2 Å². The maximum absolute atomic E-state index is 10.6. The van der Waals surface area contributed by atoms with Gasteiger partial charge in [0.1, 0.15) is 0 Å². The normalized spacial score (nSPS) is 8.48. The third-order valence-electron chi connectivity index (χ3n) is 2.10.